The monoisotopic (exact) mass is 241 g/mol. The van der Waals surface area contributed by atoms with Crippen molar-refractivity contribution in [1.82, 2.24) is 10.1 Å². The zero-order valence-electron chi connectivity index (χ0n) is 11.1. The largest absolute Gasteiger partial charge is 0.377 e. The molecular formula is C12H23N3O2. The molecule has 0 amide bonds. The van der Waals surface area contributed by atoms with E-state index in [1.54, 1.807) is 0 Å². The Hall–Kier alpha value is -0.940. The van der Waals surface area contributed by atoms with E-state index in [-0.39, 0.29) is 12.1 Å². The lowest BCUT2D eigenvalue weighted by Gasteiger charge is -2.10. The van der Waals surface area contributed by atoms with Crippen LogP contribution in [0, 0.1) is 5.92 Å². The molecule has 0 saturated heterocycles. The molecule has 2 N–H and O–H groups in total. The van der Waals surface area contributed by atoms with Crippen LogP contribution in [0.4, 0.5) is 0 Å². The number of hydrogen-bond acceptors (Lipinski definition) is 5. The Labute approximate surface area is 103 Å². The van der Waals surface area contributed by atoms with Crippen molar-refractivity contribution in [1.29, 1.82) is 0 Å². The highest BCUT2D eigenvalue weighted by Gasteiger charge is 2.16. The van der Waals surface area contributed by atoms with Crippen molar-refractivity contribution < 1.29 is 9.26 Å². The minimum absolute atomic E-state index is 0.160. The Kier molecular flexibility index (Phi) is 5.58. The van der Waals surface area contributed by atoms with Crippen LogP contribution in [0.2, 0.25) is 0 Å². The molecule has 2 atom stereocenters. The number of rotatable bonds is 7. The van der Waals surface area contributed by atoms with Gasteiger partial charge in [-0.1, -0.05) is 25.4 Å². The molecule has 0 fully saturated rings. The predicted octanol–water partition coefficient (Wildman–Crippen LogP) is 2.08. The van der Waals surface area contributed by atoms with Crippen molar-refractivity contribution >= 4 is 0 Å². The summed E-state index contributed by atoms with van der Waals surface area (Å²) in [6.45, 7) is 8.66. The highest BCUT2D eigenvalue weighted by atomic mass is 16.5. The van der Waals surface area contributed by atoms with Crippen LogP contribution >= 0.6 is 0 Å². The first-order chi connectivity index (χ1) is 8.02. The topological polar surface area (TPSA) is 74.2 Å². The van der Waals surface area contributed by atoms with Crippen LogP contribution in [0.25, 0.3) is 0 Å². The molecule has 0 aliphatic carbocycles. The van der Waals surface area contributed by atoms with Gasteiger partial charge >= 0.3 is 0 Å². The average Bonchev–Trinajstić information content (AvgIpc) is 2.74. The second kappa shape index (κ2) is 6.71. The number of ether oxygens (including phenoxy) is 1. The van der Waals surface area contributed by atoms with Crippen LogP contribution in [0.1, 0.15) is 51.9 Å². The van der Waals surface area contributed by atoms with E-state index in [0.29, 0.717) is 24.2 Å². The van der Waals surface area contributed by atoms with Gasteiger partial charge in [0, 0.05) is 6.42 Å². The first kappa shape index (κ1) is 14.1. The molecule has 5 heteroatoms. The maximum atomic E-state index is 5.91. The molecule has 5 nitrogen and oxygen atoms in total. The molecule has 0 radical (unpaired) electrons. The summed E-state index contributed by atoms with van der Waals surface area (Å²) in [5.74, 6) is 1.74. The third-order valence-electron chi connectivity index (χ3n) is 2.64. The van der Waals surface area contributed by atoms with Gasteiger partial charge in [0.25, 0.3) is 0 Å². The lowest BCUT2D eigenvalue weighted by Crippen LogP contribution is -2.20. The van der Waals surface area contributed by atoms with Crippen molar-refractivity contribution in [2.45, 2.75) is 52.7 Å². The van der Waals surface area contributed by atoms with Crippen LogP contribution in [0.5, 0.6) is 0 Å². The SMILES string of the molecule is CCC(C)Cc1nc(C(N)COC(C)C)no1. The Morgan fingerprint density at radius 1 is 1.35 bits per heavy atom. The van der Waals surface area contributed by atoms with E-state index in [2.05, 4.69) is 24.0 Å². The van der Waals surface area contributed by atoms with E-state index in [1.165, 1.54) is 0 Å². The number of nitrogens with zero attached hydrogens (tertiary/aromatic N) is 2. The predicted molar refractivity (Wildman–Crippen MR) is 65.5 cm³/mol. The lowest BCUT2D eigenvalue weighted by atomic mass is 10.1. The number of aromatic nitrogens is 2. The van der Waals surface area contributed by atoms with Crippen molar-refractivity contribution in [2.24, 2.45) is 11.7 Å². The van der Waals surface area contributed by atoms with Gasteiger partial charge in [0.2, 0.25) is 5.89 Å². The molecule has 1 heterocycles. The summed E-state index contributed by atoms with van der Waals surface area (Å²) in [5, 5.41) is 3.89. The molecule has 0 spiro atoms. The minimum atomic E-state index is -0.313. The van der Waals surface area contributed by atoms with Crippen molar-refractivity contribution in [3.63, 3.8) is 0 Å². The summed E-state index contributed by atoms with van der Waals surface area (Å²) in [6, 6.07) is -0.313. The highest BCUT2D eigenvalue weighted by Crippen LogP contribution is 2.12. The van der Waals surface area contributed by atoms with Crippen LogP contribution in [0.15, 0.2) is 4.52 Å². The van der Waals surface area contributed by atoms with Crippen LogP contribution in [-0.4, -0.2) is 22.9 Å². The molecule has 0 bridgehead atoms. The van der Waals surface area contributed by atoms with Gasteiger partial charge in [-0.25, -0.2) is 0 Å². The van der Waals surface area contributed by atoms with Gasteiger partial charge in [-0.3, -0.25) is 0 Å². The quantitative estimate of drug-likeness (QED) is 0.791. The fraction of sp³-hybridized carbons (Fsp3) is 0.833. The molecular weight excluding hydrogens is 218 g/mol. The maximum absolute atomic E-state index is 5.91. The first-order valence-corrected chi connectivity index (χ1v) is 6.22. The summed E-state index contributed by atoms with van der Waals surface area (Å²) in [7, 11) is 0. The van der Waals surface area contributed by atoms with E-state index in [1.807, 2.05) is 13.8 Å². The van der Waals surface area contributed by atoms with Crippen molar-refractivity contribution in [2.75, 3.05) is 6.61 Å². The minimum Gasteiger partial charge on any atom is -0.377 e. The van der Waals surface area contributed by atoms with Gasteiger partial charge in [0.1, 0.15) is 0 Å². The maximum Gasteiger partial charge on any atom is 0.226 e. The second-order valence-corrected chi connectivity index (χ2v) is 4.75. The third-order valence-corrected chi connectivity index (χ3v) is 2.64. The normalized spacial score (nSPS) is 15.2. The molecule has 1 aromatic heterocycles. The molecule has 17 heavy (non-hydrogen) atoms. The fourth-order valence-corrected chi connectivity index (χ4v) is 1.31. The second-order valence-electron chi connectivity index (χ2n) is 4.75. The Morgan fingerprint density at radius 2 is 2.06 bits per heavy atom. The van der Waals surface area contributed by atoms with E-state index >= 15 is 0 Å². The number of hydrogen-bond donors (Lipinski definition) is 1. The summed E-state index contributed by atoms with van der Waals surface area (Å²) in [5.41, 5.74) is 5.91. The molecule has 0 saturated carbocycles. The van der Waals surface area contributed by atoms with E-state index < -0.39 is 0 Å². The summed E-state index contributed by atoms with van der Waals surface area (Å²) >= 11 is 0. The van der Waals surface area contributed by atoms with Gasteiger partial charge in [0.15, 0.2) is 5.82 Å². The molecule has 0 aromatic carbocycles. The Balaban J connectivity index is 2.49. The molecule has 0 aliphatic heterocycles. The molecule has 2 unspecified atom stereocenters. The summed E-state index contributed by atoms with van der Waals surface area (Å²) in [4.78, 5) is 4.29. The smallest absolute Gasteiger partial charge is 0.226 e. The summed E-state index contributed by atoms with van der Waals surface area (Å²) in [6.07, 6.45) is 2.06. The van der Waals surface area contributed by atoms with E-state index in [4.69, 9.17) is 15.0 Å². The third kappa shape index (κ3) is 4.83. The molecule has 0 aliphatic rings. The van der Waals surface area contributed by atoms with Crippen LogP contribution in [0.3, 0.4) is 0 Å². The zero-order valence-corrected chi connectivity index (χ0v) is 11.1. The van der Waals surface area contributed by atoms with Crippen molar-refractivity contribution in [3.05, 3.63) is 11.7 Å². The Morgan fingerprint density at radius 3 is 2.65 bits per heavy atom. The average molecular weight is 241 g/mol. The van der Waals surface area contributed by atoms with Gasteiger partial charge in [0.05, 0.1) is 18.8 Å². The first-order valence-electron chi connectivity index (χ1n) is 6.22. The van der Waals surface area contributed by atoms with E-state index in [0.717, 1.165) is 12.8 Å². The molecule has 1 rings (SSSR count). The van der Waals surface area contributed by atoms with E-state index in [9.17, 15) is 0 Å². The van der Waals surface area contributed by atoms with Crippen LogP contribution in [-0.2, 0) is 11.2 Å². The van der Waals surface area contributed by atoms with Gasteiger partial charge in [-0.15, -0.1) is 0 Å². The zero-order chi connectivity index (χ0) is 12.8. The summed E-state index contributed by atoms with van der Waals surface area (Å²) < 4.78 is 10.6. The van der Waals surface area contributed by atoms with Gasteiger partial charge < -0.3 is 15.0 Å². The number of nitrogens with two attached hydrogens (primary N) is 1. The lowest BCUT2D eigenvalue weighted by molar-refractivity contribution is 0.0665. The fourth-order valence-electron chi connectivity index (χ4n) is 1.31. The standard InChI is InChI=1S/C12H23N3O2/c1-5-9(4)6-11-14-12(15-17-11)10(13)7-16-8(2)3/h8-10H,5-7,13H2,1-4H3. The van der Waals surface area contributed by atoms with Crippen molar-refractivity contribution in [3.8, 4) is 0 Å². The highest BCUT2D eigenvalue weighted by molar-refractivity contribution is 4.93. The van der Waals surface area contributed by atoms with Crippen LogP contribution < -0.4 is 5.73 Å². The van der Waals surface area contributed by atoms with Gasteiger partial charge in [-0.05, 0) is 19.8 Å². The van der Waals surface area contributed by atoms with Gasteiger partial charge in [-0.2, -0.15) is 4.98 Å². The molecule has 1 aromatic rings. The Bertz CT molecular complexity index is 325. The molecule has 98 valence electrons.